The second kappa shape index (κ2) is 5.66. The van der Waals surface area contributed by atoms with E-state index in [4.69, 9.17) is 9.84 Å². The molecule has 0 radical (unpaired) electrons. The number of ether oxygens (including phenoxy) is 2. The molecule has 1 fully saturated rings. The van der Waals surface area contributed by atoms with Crippen molar-refractivity contribution in [2.75, 3.05) is 13.2 Å². The molecule has 1 aromatic carbocycles. The maximum absolute atomic E-state index is 10.7. The minimum Gasteiger partial charge on any atom is -0.449 e. The first-order chi connectivity index (χ1) is 9.06. The topological polar surface area (TPSA) is 98.9 Å². The van der Waals surface area contributed by atoms with E-state index in [1.54, 1.807) is 0 Å². The van der Waals surface area contributed by atoms with Crippen LogP contribution in [0, 0.1) is 16.0 Å². The molecule has 7 heteroatoms. The predicted molar refractivity (Wildman–Crippen MR) is 64.4 cm³/mol. The van der Waals surface area contributed by atoms with E-state index in [1.807, 2.05) is 0 Å². The molecule has 7 nitrogen and oxygen atoms in total. The van der Waals surface area contributed by atoms with Gasteiger partial charge in [0.1, 0.15) is 5.75 Å². The van der Waals surface area contributed by atoms with Gasteiger partial charge in [-0.25, -0.2) is 4.79 Å². The van der Waals surface area contributed by atoms with Crippen LogP contribution < -0.4 is 4.74 Å². The number of nitrogens with zero attached hydrogens (tertiary/aromatic N) is 1. The maximum atomic E-state index is 10.7. The number of rotatable bonds is 4. The molecule has 2 rings (SSSR count). The summed E-state index contributed by atoms with van der Waals surface area (Å²) in [6, 6.07) is 3.90. The molecule has 1 atom stereocenters. The highest BCUT2D eigenvalue weighted by atomic mass is 16.7. The first kappa shape index (κ1) is 13.3. The van der Waals surface area contributed by atoms with Crippen molar-refractivity contribution < 1.29 is 24.3 Å². The van der Waals surface area contributed by atoms with E-state index in [0.717, 1.165) is 6.42 Å². The zero-order valence-corrected chi connectivity index (χ0v) is 10.1. The Morgan fingerprint density at radius 2 is 2.37 bits per heavy atom. The Balaban J connectivity index is 2.25. The summed E-state index contributed by atoms with van der Waals surface area (Å²) in [6.07, 6.45) is -0.0720. The normalized spacial score (nSPS) is 18.2. The highest BCUT2D eigenvalue weighted by molar-refractivity contribution is 5.62. The first-order valence-electron chi connectivity index (χ1n) is 5.82. The fourth-order valence-electron chi connectivity index (χ4n) is 2.09. The van der Waals surface area contributed by atoms with Crippen molar-refractivity contribution in [1.82, 2.24) is 0 Å². The number of nitro benzene ring substituents is 1. The SMILES string of the molecule is O=C(O)Oc1ccc([N+](=O)[O-])cc1CC1CCOC1. The van der Waals surface area contributed by atoms with Crippen molar-refractivity contribution in [3.05, 3.63) is 33.9 Å². The Morgan fingerprint density at radius 3 is 2.95 bits per heavy atom. The molecule has 1 aromatic rings. The van der Waals surface area contributed by atoms with Crippen LogP contribution in [0.5, 0.6) is 5.75 Å². The number of carboxylic acid groups (broad SMARTS) is 1. The van der Waals surface area contributed by atoms with Crippen molar-refractivity contribution in [3.8, 4) is 5.75 Å². The Hall–Kier alpha value is -2.15. The van der Waals surface area contributed by atoms with E-state index < -0.39 is 11.1 Å². The zero-order valence-electron chi connectivity index (χ0n) is 10.1. The minimum atomic E-state index is -1.43. The third-order valence-electron chi connectivity index (χ3n) is 2.98. The Labute approximate surface area is 108 Å². The number of hydrogen-bond donors (Lipinski definition) is 1. The molecule has 1 heterocycles. The molecule has 0 amide bonds. The lowest BCUT2D eigenvalue weighted by Crippen LogP contribution is -2.09. The molecule has 1 unspecified atom stereocenters. The smallest absolute Gasteiger partial charge is 0.449 e. The van der Waals surface area contributed by atoms with Crippen molar-refractivity contribution in [3.63, 3.8) is 0 Å². The van der Waals surface area contributed by atoms with Crippen LogP contribution >= 0.6 is 0 Å². The standard InChI is InChI=1S/C12H13NO6/c14-12(15)19-11-2-1-10(13(16)17)6-9(11)5-8-3-4-18-7-8/h1-2,6,8H,3-5,7H2,(H,14,15). The van der Waals surface area contributed by atoms with Crippen LogP contribution in [0.4, 0.5) is 10.5 Å². The van der Waals surface area contributed by atoms with Gasteiger partial charge in [0.15, 0.2) is 0 Å². The van der Waals surface area contributed by atoms with E-state index in [-0.39, 0.29) is 17.4 Å². The van der Waals surface area contributed by atoms with E-state index in [2.05, 4.69) is 4.74 Å². The Kier molecular flexibility index (Phi) is 3.96. The van der Waals surface area contributed by atoms with Crippen LogP contribution in [0.25, 0.3) is 0 Å². The molecular formula is C12H13NO6. The summed E-state index contributed by atoms with van der Waals surface area (Å²) >= 11 is 0. The van der Waals surface area contributed by atoms with E-state index >= 15 is 0 Å². The lowest BCUT2D eigenvalue weighted by atomic mass is 9.98. The van der Waals surface area contributed by atoms with Gasteiger partial charge in [0.05, 0.1) is 4.92 Å². The fourth-order valence-corrected chi connectivity index (χ4v) is 2.09. The predicted octanol–water partition coefficient (Wildman–Crippen LogP) is 2.23. The Morgan fingerprint density at radius 1 is 1.58 bits per heavy atom. The minimum absolute atomic E-state index is 0.0772. The molecule has 0 bridgehead atoms. The molecule has 0 spiro atoms. The molecule has 102 valence electrons. The second-order valence-corrected chi connectivity index (χ2v) is 4.35. The van der Waals surface area contributed by atoms with Crippen molar-refractivity contribution in [2.45, 2.75) is 12.8 Å². The summed E-state index contributed by atoms with van der Waals surface area (Å²) in [5, 5.41) is 19.4. The summed E-state index contributed by atoms with van der Waals surface area (Å²) in [4.78, 5) is 20.8. The van der Waals surface area contributed by atoms with Crippen LogP contribution in [0.15, 0.2) is 18.2 Å². The average molecular weight is 267 g/mol. The van der Waals surface area contributed by atoms with Gasteiger partial charge < -0.3 is 14.6 Å². The van der Waals surface area contributed by atoms with Gasteiger partial charge in [0, 0.05) is 30.9 Å². The molecule has 1 aliphatic rings. The largest absolute Gasteiger partial charge is 0.511 e. The van der Waals surface area contributed by atoms with Crippen LogP contribution in [-0.4, -0.2) is 29.4 Å². The van der Waals surface area contributed by atoms with Gasteiger partial charge in [-0.05, 0) is 24.8 Å². The Bertz CT molecular complexity index is 495. The van der Waals surface area contributed by atoms with Gasteiger partial charge >= 0.3 is 6.16 Å². The number of non-ortho nitro benzene ring substituents is 1. The van der Waals surface area contributed by atoms with Crippen molar-refractivity contribution in [1.29, 1.82) is 0 Å². The van der Waals surface area contributed by atoms with Gasteiger partial charge in [0.2, 0.25) is 0 Å². The van der Waals surface area contributed by atoms with Crippen LogP contribution in [-0.2, 0) is 11.2 Å². The van der Waals surface area contributed by atoms with Crippen LogP contribution in [0.1, 0.15) is 12.0 Å². The molecular weight excluding hydrogens is 254 g/mol. The molecule has 0 aliphatic carbocycles. The number of nitro groups is 1. The number of carbonyl (C=O) groups is 1. The third-order valence-corrected chi connectivity index (χ3v) is 2.98. The maximum Gasteiger partial charge on any atom is 0.511 e. The van der Waals surface area contributed by atoms with Crippen molar-refractivity contribution in [2.24, 2.45) is 5.92 Å². The average Bonchev–Trinajstić information content (AvgIpc) is 2.83. The van der Waals surface area contributed by atoms with Gasteiger partial charge in [-0.15, -0.1) is 0 Å². The van der Waals surface area contributed by atoms with E-state index in [9.17, 15) is 14.9 Å². The summed E-state index contributed by atoms with van der Waals surface area (Å²) < 4.78 is 9.88. The van der Waals surface area contributed by atoms with Gasteiger partial charge in [-0.3, -0.25) is 10.1 Å². The highest BCUT2D eigenvalue weighted by Crippen LogP contribution is 2.29. The summed E-state index contributed by atoms with van der Waals surface area (Å²) in [7, 11) is 0. The highest BCUT2D eigenvalue weighted by Gasteiger charge is 2.21. The summed E-state index contributed by atoms with van der Waals surface area (Å²) in [5.74, 6) is 0.378. The van der Waals surface area contributed by atoms with Gasteiger partial charge in [-0.2, -0.15) is 0 Å². The molecule has 1 N–H and O–H groups in total. The fraction of sp³-hybridized carbons (Fsp3) is 0.417. The van der Waals surface area contributed by atoms with Crippen molar-refractivity contribution >= 4 is 11.8 Å². The molecule has 1 saturated heterocycles. The quantitative estimate of drug-likeness (QED) is 0.388. The number of hydrogen-bond acceptors (Lipinski definition) is 5. The lowest BCUT2D eigenvalue weighted by Gasteiger charge is -2.11. The number of benzene rings is 1. The van der Waals surface area contributed by atoms with Gasteiger partial charge in [-0.1, -0.05) is 0 Å². The second-order valence-electron chi connectivity index (χ2n) is 4.35. The van der Waals surface area contributed by atoms with E-state index in [1.165, 1.54) is 18.2 Å². The van der Waals surface area contributed by atoms with Gasteiger partial charge in [0.25, 0.3) is 5.69 Å². The monoisotopic (exact) mass is 267 g/mol. The van der Waals surface area contributed by atoms with Crippen LogP contribution in [0.3, 0.4) is 0 Å². The molecule has 0 aromatic heterocycles. The molecule has 1 aliphatic heterocycles. The molecule has 0 saturated carbocycles. The zero-order chi connectivity index (χ0) is 13.8. The summed E-state index contributed by atoms with van der Waals surface area (Å²) in [6.45, 7) is 1.24. The van der Waals surface area contributed by atoms with Crippen LogP contribution in [0.2, 0.25) is 0 Å². The molecule has 19 heavy (non-hydrogen) atoms. The van der Waals surface area contributed by atoms with E-state index in [0.29, 0.717) is 25.2 Å². The third kappa shape index (κ3) is 3.41. The lowest BCUT2D eigenvalue weighted by molar-refractivity contribution is -0.384. The first-order valence-corrected chi connectivity index (χ1v) is 5.82. The summed E-state index contributed by atoms with van der Waals surface area (Å²) in [5.41, 5.74) is 0.443.